The largest absolute Gasteiger partial charge is 0.393 e. The molecule has 0 bridgehead atoms. The molecular weight excluding hydrogens is 254 g/mol. The van der Waals surface area contributed by atoms with Crippen molar-refractivity contribution >= 4 is 38.0 Å². The van der Waals surface area contributed by atoms with E-state index in [0.717, 1.165) is 20.7 Å². The highest BCUT2D eigenvalue weighted by molar-refractivity contribution is 7.27. The van der Waals surface area contributed by atoms with Crippen molar-refractivity contribution in [1.82, 2.24) is 5.32 Å². The fourth-order valence-corrected chi connectivity index (χ4v) is 3.55. The summed E-state index contributed by atoms with van der Waals surface area (Å²) in [5, 5.41) is 14.2. The van der Waals surface area contributed by atoms with Crippen LogP contribution in [-0.2, 0) is 0 Å². The van der Waals surface area contributed by atoms with E-state index in [1.54, 1.807) is 11.3 Å². The summed E-state index contributed by atoms with van der Waals surface area (Å²) in [7, 11) is 0. The Morgan fingerprint density at radius 3 is 3.06 bits per heavy atom. The van der Waals surface area contributed by atoms with E-state index >= 15 is 0 Å². The van der Waals surface area contributed by atoms with E-state index in [-0.39, 0.29) is 12.0 Å². The smallest absolute Gasteiger partial charge is 0.261 e. The van der Waals surface area contributed by atoms with Gasteiger partial charge in [-0.2, -0.15) is 0 Å². The summed E-state index contributed by atoms with van der Waals surface area (Å²) < 4.78 is 2.32. The molecule has 1 amide bonds. The van der Waals surface area contributed by atoms with Gasteiger partial charge in [-0.05, 0) is 30.4 Å². The molecule has 2 rings (SSSR count). The zero-order valence-electron chi connectivity index (χ0n) is 9.60. The number of thiophene rings is 2. The molecule has 2 aromatic rings. The van der Waals surface area contributed by atoms with E-state index in [2.05, 4.69) is 5.32 Å². The number of nitrogens with one attached hydrogen (secondary N) is 1. The van der Waals surface area contributed by atoms with Crippen molar-refractivity contribution in [2.75, 3.05) is 6.54 Å². The van der Waals surface area contributed by atoms with Gasteiger partial charge in [-0.15, -0.1) is 22.7 Å². The van der Waals surface area contributed by atoms with Gasteiger partial charge in [0.15, 0.2) is 0 Å². The van der Waals surface area contributed by atoms with Gasteiger partial charge in [0.25, 0.3) is 5.91 Å². The van der Waals surface area contributed by atoms with Crippen LogP contribution in [0.25, 0.3) is 9.40 Å². The van der Waals surface area contributed by atoms with Crippen LogP contribution >= 0.6 is 22.7 Å². The molecule has 0 saturated carbocycles. The monoisotopic (exact) mass is 269 g/mol. The van der Waals surface area contributed by atoms with E-state index in [4.69, 9.17) is 0 Å². The summed E-state index contributed by atoms with van der Waals surface area (Å²) in [6.07, 6.45) is 1.02. The number of rotatable bonds is 5. The van der Waals surface area contributed by atoms with Crippen LogP contribution in [0.15, 0.2) is 17.5 Å². The highest BCUT2D eigenvalue weighted by atomic mass is 32.1. The number of aliphatic hydroxyl groups excluding tert-OH is 1. The molecular formula is C12H15NO2S2. The molecule has 0 fully saturated rings. The van der Waals surface area contributed by atoms with Crippen molar-refractivity contribution in [2.45, 2.75) is 25.9 Å². The Bertz CT molecular complexity index is 475. The van der Waals surface area contributed by atoms with Gasteiger partial charge in [0.05, 0.1) is 11.0 Å². The molecule has 0 aliphatic rings. The van der Waals surface area contributed by atoms with Gasteiger partial charge in [-0.25, -0.2) is 0 Å². The van der Waals surface area contributed by atoms with Gasteiger partial charge in [0.1, 0.15) is 0 Å². The van der Waals surface area contributed by atoms with E-state index in [1.807, 2.05) is 24.4 Å². The maximum atomic E-state index is 11.8. The van der Waals surface area contributed by atoms with Crippen molar-refractivity contribution in [1.29, 1.82) is 0 Å². The maximum absolute atomic E-state index is 11.8. The summed E-state index contributed by atoms with van der Waals surface area (Å²) >= 11 is 3.16. The predicted octanol–water partition coefficient (Wildman–Crippen LogP) is 2.85. The molecule has 2 N–H and O–H groups in total. The molecule has 1 atom stereocenters. The van der Waals surface area contributed by atoms with E-state index in [1.165, 1.54) is 11.3 Å². The van der Waals surface area contributed by atoms with Crippen molar-refractivity contribution in [3.05, 3.63) is 22.4 Å². The number of fused-ring (bicyclic) bond motifs is 1. The molecule has 0 spiro atoms. The van der Waals surface area contributed by atoms with Gasteiger partial charge in [-0.3, -0.25) is 4.79 Å². The van der Waals surface area contributed by atoms with E-state index in [9.17, 15) is 9.90 Å². The van der Waals surface area contributed by atoms with Crippen LogP contribution in [0.5, 0.6) is 0 Å². The molecule has 0 radical (unpaired) electrons. The van der Waals surface area contributed by atoms with Crippen LogP contribution in [0.1, 0.15) is 29.4 Å². The highest BCUT2D eigenvalue weighted by Crippen LogP contribution is 2.29. The van der Waals surface area contributed by atoms with Gasteiger partial charge < -0.3 is 10.4 Å². The summed E-state index contributed by atoms with van der Waals surface area (Å²) in [6, 6.07) is 3.96. The van der Waals surface area contributed by atoms with Gasteiger partial charge in [0, 0.05) is 15.9 Å². The Labute approximate surface area is 108 Å². The van der Waals surface area contributed by atoms with Crippen LogP contribution in [-0.4, -0.2) is 23.7 Å². The van der Waals surface area contributed by atoms with Crippen LogP contribution < -0.4 is 5.32 Å². The summed E-state index contributed by atoms with van der Waals surface area (Å²) in [5.74, 6) is -0.0401. The van der Waals surface area contributed by atoms with Crippen molar-refractivity contribution in [2.24, 2.45) is 0 Å². The first-order valence-electron chi connectivity index (χ1n) is 5.64. The third kappa shape index (κ3) is 3.06. The molecule has 0 saturated heterocycles. The Kier molecular flexibility index (Phi) is 4.15. The number of carbonyl (C=O) groups is 1. The third-order valence-corrected chi connectivity index (χ3v) is 4.69. The lowest BCUT2D eigenvalue weighted by Crippen LogP contribution is -2.26. The Balaban J connectivity index is 1.90. The fourth-order valence-electron chi connectivity index (χ4n) is 1.52. The lowest BCUT2D eigenvalue weighted by Gasteiger charge is -2.07. The second kappa shape index (κ2) is 5.62. The maximum Gasteiger partial charge on any atom is 0.261 e. The molecule has 92 valence electrons. The minimum atomic E-state index is -0.317. The van der Waals surface area contributed by atoms with Crippen molar-refractivity contribution < 1.29 is 9.90 Å². The minimum Gasteiger partial charge on any atom is -0.393 e. The van der Waals surface area contributed by atoms with Crippen LogP contribution in [0.2, 0.25) is 0 Å². The number of carbonyl (C=O) groups excluding carboxylic acids is 1. The van der Waals surface area contributed by atoms with E-state index in [0.29, 0.717) is 13.0 Å². The van der Waals surface area contributed by atoms with Crippen molar-refractivity contribution in [3.8, 4) is 0 Å². The first kappa shape index (κ1) is 12.5. The average Bonchev–Trinajstić information content (AvgIpc) is 2.88. The predicted molar refractivity (Wildman–Crippen MR) is 73.0 cm³/mol. The quantitative estimate of drug-likeness (QED) is 0.877. The Morgan fingerprint density at radius 1 is 1.53 bits per heavy atom. The molecule has 0 aliphatic heterocycles. The zero-order valence-corrected chi connectivity index (χ0v) is 11.2. The first-order valence-corrected chi connectivity index (χ1v) is 7.33. The molecule has 2 heterocycles. The molecule has 1 unspecified atom stereocenters. The van der Waals surface area contributed by atoms with Crippen LogP contribution in [0, 0.1) is 0 Å². The van der Waals surface area contributed by atoms with Crippen LogP contribution in [0.4, 0.5) is 0 Å². The fraction of sp³-hybridized carbons (Fsp3) is 0.417. The van der Waals surface area contributed by atoms with E-state index < -0.39 is 0 Å². The Morgan fingerprint density at radius 2 is 2.35 bits per heavy atom. The number of hydrogen-bond donors (Lipinski definition) is 2. The number of hydrogen-bond acceptors (Lipinski definition) is 4. The molecule has 17 heavy (non-hydrogen) atoms. The highest BCUT2D eigenvalue weighted by Gasteiger charge is 2.10. The average molecular weight is 269 g/mol. The zero-order chi connectivity index (χ0) is 12.3. The number of amides is 1. The second-order valence-electron chi connectivity index (χ2n) is 3.87. The first-order chi connectivity index (χ1) is 8.20. The van der Waals surface area contributed by atoms with Crippen molar-refractivity contribution in [3.63, 3.8) is 0 Å². The number of aliphatic hydroxyl groups is 1. The lowest BCUT2D eigenvalue weighted by atomic mass is 10.2. The topological polar surface area (TPSA) is 49.3 Å². The molecule has 0 aliphatic carbocycles. The lowest BCUT2D eigenvalue weighted by molar-refractivity contribution is 0.0946. The third-order valence-electron chi connectivity index (χ3n) is 2.60. The SMILES string of the molecule is CCC(O)CCNC(=O)c1cc2sccc2s1. The standard InChI is InChI=1S/C12H15NO2S2/c1-2-8(14)3-5-13-12(15)11-7-10-9(17-11)4-6-16-10/h4,6-8,14H,2-3,5H2,1H3,(H,13,15). The van der Waals surface area contributed by atoms with Crippen LogP contribution in [0.3, 0.4) is 0 Å². The van der Waals surface area contributed by atoms with Gasteiger partial charge in [0.2, 0.25) is 0 Å². The molecule has 0 aromatic carbocycles. The summed E-state index contributed by atoms with van der Waals surface area (Å²) in [4.78, 5) is 12.6. The normalized spacial score (nSPS) is 12.8. The molecule has 3 nitrogen and oxygen atoms in total. The molecule has 5 heteroatoms. The Hall–Kier alpha value is -0.910. The van der Waals surface area contributed by atoms with Gasteiger partial charge >= 0.3 is 0 Å². The van der Waals surface area contributed by atoms with Gasteiger partial charge in [-0.1, -0.05) is 6.92 Å². The molecule has 2 aromatic heterocycles. The summed E-state index contributed by atoms with van der Waals surface area (Å²) in [6.45, 7) is 2.46. The second-order valence-corrected chi connectivity index (χ2v) is 5.90. The summed E-state index contributed by atoms with van der Waals surface area (Å²) in [5.41, 5.74) is 0. The minimum absolute atomic E-state index is 0.0401.